The fourth-order valence-electron chi connectivity index (χ4n) is 1.35. The highest BCUT2D eigenvalue weighted by Crippen LogP contribution is 2.18. The van der Waals surface area contributed by atoms with Crippen molar-refractivity contribution in [2.45, 2.75) is 33.7 Å². The largest absolute Gasteiger partial charge is 0.384 e. The number of nitrogens with two attached hydrogens (primary N) is 1. The molecule has 0 aliphatic carbocycles. The molecule has 0 bridgehead atoms. The number of imidazole rings is 1. The van der Waals surface area contributed by atoms with Gasteiger partial charge in [0.25, 0.3) is 0 Å². The van der Waals surface area contributed by atoms with E-state index in [0.29, 0.717) is 6.04 Å². The van der Waals surface area contributed by atoms with E-state index >= 15 is 0 Å². The number of hydrogen-bond donors (Lipinski definition) is 1. The molecule has 2 N–H and O–H groups in total. The average molecular weight is 153 g/mol. The van der Waals surface area contributed by atoms with Crippen molar-refractivity contribution in [1.29, 1.82) is 0 Å². The van der Waals surface area contributed by atoms with E-state index in [2.05, 4.69) is 18.8 Å². The van der Waals surface area contributed by atoms with Crippen LogP contribution in [-0.4, -0.2) is 9.55 Å². The number of hydrogen-bond acceptors (Lipinski definition) is 2. The van der Waals surface area contributed by atoms with Gasteiger partial charge in [0.2, 0.25) is 0 Å². The molecule has 0 unspecified atom stereocenters. The van der Waals surface area contributed by atoms with E-state index in [1.54, 1.807) is 0 Å². The molecule has 0 spiro atoms. The maximum absolute atomic E-state index is 5.80. The Morgan fingerprint density at radius 1 is 1.36 bits per heavy atom. The van der Waals surface area contributed by atoms with E-state index in [-0.39, 0.29) is 0 Å². The van der Waals surface area contributed by atoms with Crippen LogP contribution in [0.3, 0.4) is 0 Å². The fourth-order valence-corrected chi connectivity index (χ4v) is 1.35. The second kappa shape index (κ2) is 2.57. The molecule has 0 aliphatic rings. The molecule has 1 aromatic rings. The minimum atomic E-state index is 0.399. The minimum Gasteiger partial charge on any atom is -0.384 e. The number of rotatable bonds is 1. The lowest BCUT2D eigenvalue weighted by Crippen LogP contribution is -2.07. The number of nitrogens with zero attached hydrogens (tertiary/aromatic N) is 2. The van der Waals surface area contributed by atoms with Gasteiger partial charge in [-0.05, 0) is 27.7 Å². The van der Waals surface area contributed by atoms with Gasteiger partial charge in [0.05, 0.1) is 5.69 Å². The topological polar surface area (TPSA) is 43.8 Å². The van der Waals surface area contributed by atoms with Gasteiger partial charge in [0, 0.05) is 6.04 Å². The van der Waals surface area contributed by atoms with Crippen LogP contribution < -0.4 is 5.73 Å². The monoisotopic (exact) mass is 153 g/mol. The lowest BCUT2D eigenvalue weighted by Gasteiger charge is -2.10. The first kappa shape index (κ1) is 8.11. The van der Waals surface area contributed by atoms with Gasteiger partial charge in [-0.15, -0.1) is 0 Å². The summed E-state index contributed by atoms with van der Waals surface area (Å²) in [6.45, 7) is 8.11. The molecule has 0 saturated heterocycles. The second-order valence-electron chi connectivity index (χ2n) is 3.09. The summed E-state index contributed by atoms with van der Waals surface area (Å²) in [5.74, 6) is 1.78. The summed E-state index contributed by atoms with van der Waals surface area (Å²) in [4.78, 5) is 4.27. The van der Waals surface area contributed by atoms with Crippen LogP contribution in [0.2, 0.25) is 0 Å². The Morgan fingerprint density at radius 3 is 2.09 bits per heavy atom. The fraction of sp³-hybridized carbons (Fsp3) is 0.625. The number of aryl methyl sites for hydroxylation is 2. The quantitative estimate of drug-likeness (QED) is 0.666. The van der Waals surface area contributed by atoms with E-state index in [1.807, 2.05) is 18.4 Å². The second-order valence-corrected chi connectivity index (χ2v) is 3.09. The zero-order valence-electron chi connectivity index (χ0n) is 7.55. The molecule has 1 aromatic heterocycles. The Labute approximate surface area is 67.2 Å². The first-order valence-corrected chi connectivity index (χ1v) is 3.85. The van der Waals surface area contributed by atoms with Crippen molar-refractivity contribution < 1.29 is 0 Å². The van der Waals surface area contributed by atoms with Gasteiger partial charge in [-0.25, -0.2) is 4.98 Å². The molecular weight excluding hydrogens is 138 g/mol. The van der Waals surface area contributed by atoms with Crippen LogP contribution >= 0.6 is 0 Å². The smallest absolute Gasteiger partial charge is 0.126 e. The average Bonchev–Trinajstić information content (AvgIpc) is 2.07. The van der Waals surface area contributed by atoms with Crippen LogP contribution in [0.4, 0.5) is 5.82 Å². The zero-order valence-corrected chi connectivity index (χ0v) is 7.55. The van der Waals surface area contributed by atoms with E-state index in [0.717, 1.165) is 17.3 Å². The molecule has 11 heavy (non-hydrogen) atoms. The van der Waals surface area contributed by atoms with Crippen molar-refractivity contribution in [3.63, 3.8) is 0 Å². The molecule has 1 rings (SSSR count). The summed E-state index contributed by atoms with van der Waals surface area (Å²) in [5.41, 5.74) is 6.73. The molecule has 3 heteroatoms. The highest BCUT2D eigenvalue weighted by Gasteiger charge is 2.09. The molecule has 0 aromatic carbocycles. The van der Waals surface area contributed by atoms with Crippen LogP contribution in [0, 0.1) is 13.8 Å². The van der Waals surface area contributed by atoms with Crippen LogP contribution in [0.15, 0.2) is 0 Å². The summed E-state index contributed by atoms with van der Waals surface area (Å²) in [5, 5.41) is 0. The Hall–Kier alpha value is -0.990. The van der Waals surface area contributed by atoms with Gasteiger partial charge < -0.3 is 10.3 Å². The van der Waals surface area contributed by atoms with Crippen molar-refractivity contribution in [3.05, 3.63) is 11.5 Å². The Morgan fingerprint density at radius 2 is 1.91 bits per heavy atom. The molecule has 1 heterocycles. The molecule has 0 fully saturated rings. The molecule has 62 valence electrons. The number of aromatic nitrogens is 2. The van der Waals surface area contributed by atoms with E-state index < -0.39 is 0 Å². The molecule has 0 atom stereocenters. The summed E-state index contributed by atoms with van der Waals surface area (Å²) in [6, 6.07) is 0.399. The van der Waals surface area contributed by atoms with Crippen molar-refractivity contribution in [2.75, 3.05) is 5.73 Å². The molecule has 3 nitrogen and oxygen atoms in total. The maximum Gasteiger partial charge on any atom is 0.126 e. The summed E-state index contributed by atoms with van der Waals surface area (Å²) in [7, 11) is 0. The highest BCUT2D eigenvalue weighted by atomic mass is 15.2. The lowest BCUT2D eigenvalue weighted by atomic mass is 10.3. The van der Waals surface area contributed by atoms with Crippen LogP contribution in [0.5, 0.6) is 0 Å². The summed E-state index contributed by atoms with van der Waals surface area (Å²) < 4.78 is 2.04. The van der Waals surface area contributed by atoms with Gasteiger partial charge in [-0.1, -0.05) is 0 Å². The van der Waals surface area contributed by atoms with Gasteiger partial charge in [-0.2, -0.15) is 0 Å². The van der Waals surface area contributed by atoms with Crippen LogP contribution in [0.25, 0.3) is 0 Å². The maximum atomic E-state index is 5.80. The van der Waals surface area contributed by atoms with Crippen LogP contribution in [0.1, 0.15) is 31.4 Å². The molecular formula is C8H15N3. The van der Waals surface area contributed by atoms with E-state index in [4.69, 9.17) is 5.73 Å². The minimum absolute atomic E-state index is 0.399. The summed E-state index contributed by atoms with van der Waals surface area (Å²) >= 11 is 0. The predicted molar refractivity (Wildman–Crippen MR) is 46.5 cm³/mol. The zero-order chi connectivity index (χ0) is 8.59. The van der Waals surface area contributed by atoms with Gasteiger partial charge in [0.15, 0.2) is 0 Å². The SMILES string of the molecule is Cc1nc(C)n(C(C)C)c1N. The molecule has 0 amide bonds. The third-order valence-electron chi connectivity index (χ3n) is 1.82. The van der Waals surface area contributed by atoms with Gasteiger partial charge in [0.1, 0.15) is 11.6 Å². The van der Waals surface area contributed by atoms with Crippen molar-refractivity contribution in [2.24, 2.45) is 0 Å². The Bertz CT molecular complexity index is 261. The number of nitrogen functional groups attached to an aromatic ring is 1. The standard InChI is InChI=1S/C8H15N3/c1-5(2)11-7(4)10-6(3)8(11)9/h5H,9H2,1-4H3. The van der Waals surface area contributed by atoms with E-state index in [1.165, 1.54) is 0 Å². The first-order chi connectivity index (χ1) is 5.04. The van der Waals surface area contributed by atoms with E-state index in [9.17, 15) is 0 Å². The van der Waals surface area contributed by atoms with Crippen LogP contribution in [-0.2, 0) is 0 Å². The summed E-state index contributed by atoms with van der Waals surface area (Å²) in [6.07, 6.45) is 0. The third-order valence-corrected chi connectivity index (χ3v) is 1.82. The third kappa shape index (κ3) is 1.23. The van der Waals surface area contributed by atoms with Gasteiger partial charge >= 0.3 is 0 Å². The van der Waals surface area contributed by atoms with Crippen molar-refractivity contribution in [3.8, 4) is 0 Å². The molecule has 0 aliphatic heterocycles. The first-order valence-electron chi connectivity index (χ1n) is 3.85. The van der Waals surface area contributed by atoms with Crippen molar-refractivity contribution >= 4 is 5.82 Å². The highest BCUT2D eigenvalue weighted by molar-refractivity contribution is 5.37. The Balaban J connectivity index is 3.22. The normalized spacial score (nSPS) is 11.0. The number of anilines is 1. The molecule has 0 saturated carbocycles. The lowest BCUT2D eigenvalue weighted by molar-refractivity contribution is 0.590. The molecule has 0 radical (unpaired) electrons. The predicted octanol–water partition coefficient (Wildman–Crippen LogP) is 1.66. The Kier molecular flexibility index (Phi) is 1.89. The van der Waals surface area contributed by atoms with Crippen molar-refractivity contribution in [1.82, 2.24) is 9.55 Å². The van der Waals surface area contributed by atoms with Gasteiger partial charge in [-0.3, -0.25) is 0 Å².